The van der Waals surface area contributed by atoms with Crippen LogP contribution in [-0.2, 0) is 60.2 Å². The van der Waals surface area contributed by atoms with Crippen molar-refractivity contribution in [2.24, 2.45) is 0 Å². The largest absolute Gasteiger partial charge is 0.492 e. The number of benzene rings is 5. The molecule has 5 aromatic rings. The third kappa shape index (κ3) is 11.2. The Morgan fingerprint density at radius 3 is 0.796 bits per heavy atom. The van der Waals surface area contributed by atoms with E-state index in [1.165, 1.54) is 58.8 Å². The lowest BCUT2D eigenvalue weighted by molar-refractivity contribution is -0.0871. The lowest BCUT2D eigenvalue weighted by Gasteiger charge is -2.49. The molecule has 5 aromatic carbocycles. The summed E-state index contributed by atoms with van der Waals surface area (Å²) in [7, 11) is 0. The van der Waals surface area contributed by atoms with Crippen LogP contribution in [0.4, 0.5) is 52.7 Å². The highest BCUT2D eigenvalue weighted by molar-refractivity contribution is 8.13. The summed E-state index contributed by atoms with van der Waals surface area (Å²) in [5.41, 5.74) is -1.63. The number of urea groups is 8. The van der Waals surface area contributed by atoms with Crippen LogP contribution in [0.5, 0.6) is 23.0 Å². The third-order valence-electron chi connectivity index (χ3n) is 24.5. The SMILES string of the molecule is CSCCOc1ccc(OCCSC(=O)OCc2ccccc2)c2c1CN1C(=O)N3CN4C(=O)N5CN6C(=O)N7CN8C(=O)N9Cc%10c(OCCSC(=O)OCc%11ccccc%11)ccc(OCCSC(=O)OCc%11ccccc%11)c%10CN%10C(=O)N(CN%11C(=O)N(CN%12C(=O)N(CN%13C(=O)N(C2)[C@@]1(C)[C@]3%13C)[C@H]4[C@H]5%12)[C@H]6C7%11)C8(C)C9%10C. The first-order valence-electron chi connectivity index (χ1n) is 37.1. The van der Waals surface area contributed by atoms with Crippen LogP contribution in [0.3, 0.4) is 0 Å². The molecule has 0 aromatic heterocycles. The van der Waals surface area contributed by atoms with Gasteiger partial charge >= 0.3 is 64.2 Å². The Labute approximate surface area is 665 Å². The Morgan fingerprint density at radius 2 is 0.549 bits per heavy atom. The zero-order chi connectivity index (χ0) is 78.3. The minimum Gasteiger partial charge on any atom is -0.492 e. The molecule has 34 nitrogen and oxygen atoms in total. The van der Waals surface area contributed by atoms with Crippen molar-refractivity contribution in [3.8, 4) is 23.0 Å². The molecule has 592 valence electrons. The van der Waals surface area contributed by atoms with E-state index in [4.69, 9.17) is 33.2 Å². The predicted octanol–water partition coefficient (Wildman–Crippen LogP) is 9.36. The molecular weight excluding hydrogens is 1540 g/mol. The Bertz CT molecular complexity index is 4680. The summed E-state index contributed by atoms with van der Waals surface area (Å²) in [4.78, 5) is 189. The Hall–Kier alpha value is -10.7. The number of hydrogen-bond acceptors (Lipinski definition) is 22. The standard InChI is InChI=1S/C75H80N16O18S4/c1-72-74(3)88-42-80-59-57-76(61(80)92)40-78-58-60-82(63(78)94)44-90-67(98)86-35-51-52(56(106-28-32-113-71(102)109-39-48-19-13-8-14-20-48)24-23-55(51)105-27-31-112-70(101)108-38-47-17-11-7-12-18-47)36-87-68(99)91(75(90,4)73(86,87)2)45-83(60)64(95)79(58)41-77(57)62(93)81(59)43-89(74)66(97)85(72)34-50-49(33-84(72)65(88)96)53(103-25-29-110-5)21-22-54(50)104-26-30-111-69(100)107-37-46-15-9-6-10-16-46/h6-24,57-60H,25-45H2,1-5H3/t57-,58+,59+,60?,72+,73?,74-,75?/m1/s1. The fraction of sp³-hybridized carbons (Fsp3) is 0.453. The van der Waals surface area contributed by atoms with E-state index in [-0.39, 0.29) is 83.1 Å². The molecule has 0 bridgehead atoms. The van der Waals surface area contributed by atoms with Gasteiger partial charge in [0, 0.05) is 45.3 Å². The van der Waals surface area contributed by atoms with Crippen LogP contribution in [0.1, 0.15) is 66.6 Å². The second-order valence-electron chi connectivity index (χ2n) is 29.7. The molecule has 0 aliphatic carbocycles. The predicted molar refractivity (Wildman–Crippen MR) is 406 cm³/mol. The number of ether oxygens (including phenoxy) is 7. The van der Waals surface area contributed by atoms with Gasteiger partial charge in [-0.3, -0.25) is 78.4 Å². The second kappa shape index (κ2) is 28.1. The molecule has 113 heavy (non-hydrogen) atoms. The van der Waals surface area contributed by atoms with E-state index in [0.717, 1.165) is 52.0 Å². The van der Waals surface area contributed by atoms with Gasteiger partial charge in [-0.05, 0) is 110 Å². The molecular formula is C75H80N16O18S4. The summed E-state index contributed by atoms with van der Waals surface area (Å²) >= 11 is 4.42. The maximum Gasteiger partial charge on any atom is 0.367 e. The van der Waals surface area contributed by atoms with Crippen LogP contribution in [0.2, 0.25) is 0 Å². The van der Waals surface area contributed by atoms with Crippen LogP contribution in [0.15, 0.2) is 115 Å². The first-order valence-corrected chi connectivity index (χ1v) is 41.4. The van der Waals surface area contributed by atoms with Crippen LogP contribution in [0, 0.1) is 0 Å². The number of hydrogen-bond donors (Lipinski definition) is 0. The zero-order valence-electron chi connectivity index (χ0n) is 62.3. The van der Waals surface area contributed by atoms with Gasteiger partial charge in [0.1, 0.15) is 82.8 Å². The highest BCUT2D eigenvalue weighted by atomic mass is 32.2. The number of nitrogens with zero attached hydrogens (tertiary/aromatic N) is 16. The van der Waals surface area contributed by atoms with E-state index in [1.807, 2.05) is 97.3 Å². The van der Waals surface area contributed by atoms with Gasteiger partial charge in [-0.25, -0.2) is 52.7 Å². The van der Waals surface area contributed by atoms with E-state index < -0.39 is 151 Å². The molecule has 11 fully saturated rings. The molecule has 8 atom stereocenters. The van der Waals surface area contributed by atoms with Gasteiger partial charge in [0.25, 0.3) is 0 Å². The zero-order valence-corrected chi connectivity index (χ0v) is 65.5. The molecule has 13 heterocycles. The third-order valence-corrected chi connectivity index (χ3v) is 27.2. The number of carbonyl (C=O) groups is 11. The molecule has 11 saturated heterocycles. The van der Waals surface area contributed by atoms with Gasteiger partial charge in [0.15, 0.2) is 47.3 Å². The van der Waals surface area contributed by atoms with Gasteiger partial charge < -0.3 is 33.2 Å². The van der Waals surface area contributed by atoms with Crippen LogP contribution < -0.4 is 18.9 Å². The van der Waals surface area contributed by atoms with Gasteiger partial charge in [-0.15, -0.1) is 0 Å². The monoisotopic (exact) mass is 1620 g/mol. The number of rotatable bonds is 22. The highest BCUT2D eigenvalue weighted by Crippen LogP contribution is 2.60. The minimum absolute atomic E-state index is 0.0218. The maximum atomic E-state index is 16.0. The van der Waals surface area contributed by atoms with Gasteiger partial charge in [0.2, 0.25) is 0 Å². The van der Waals surface area contributed by atoms with Crippen molar-refractivity contribution in [2.45, 2.75) is 121 Å². The van der Waals surface area contributed by atoms with Crippen molar-refractivity contribution < 1.29 is 85.9 Å². The van der Waals surface area contributed by atoms with E-state index in [2.05, 4.69) is 0 Å². The fourth-order valence-corrected chi connectivity index (χ4v) is 20.2. The van der Waals surface area contributed by atoms with Crippen molar-refractivity contribution in [1.29, 1.82) is 0 Å². The highest BCUT2D eigenvalue weighted by Gasteiger charge is 2.80. The van der Waals surface area contributed by atoms with Gasteiger partial charge in [-0.2, -0.15) is 11.8 Å². The lowest BCUT2D eigenvalue weighted by Crippen LogP contribution is -2.69. The lowest BCUT2D eigenvalue weighted by atomic mass is 9.95. The molecule has 38 heteroatoms. The summed E-state index contributed by atoms with van der Waals surface area (Å²) in [6, 6.07) is 30.0. The number of amides is 16. The summed E-state index contributed by atoms with van der Waals surface area (Å²) in [5, 5.41) is -1.49. The summed E-state index contributed by atoms with van der Waals surface area (Å²) in [6.07, 6.45) is -2.85. The fourth-order valence-electron chi connectivity index (χ4n) is 18.5. The summed E-state index contributed by atoms with van der Waals surface area (Å²) in [6.45, 7) is 4.55. The topological polar surface area (TPSA) is 304 Å². The molecule has 0 spiro atoms. The summed E-state index contributed by atoms with van der Waals surface area (Å²) < 4.78 is 42.4. The van der Waals surface area contributed by atoms with Crippen molar-refractivity contribution in [1.82, 2.24) is 78.4 Å². The number of carbonyl (C=O) groups excluding carboxylic acids is 11. The van der Waals surface area contributed by atoms with E-state index in [1.54, 1.807) is 83.3 Å². The van der Waals surface area contributed by atoms with E-state index >= 15 is 38.4 Å². The second-order valence-corrected chi connectivity index (χ2v) is 33.8. The Morgan fingerprint density at radius 1 is 0.319 bits per heavy atom. The van der Waals surface area contributed by atoms with E-state index in [0.29, 0.717) is 57.6 Å². The molecule has 0 N–H and O–H groups in total. The Balaban J connectivity index is 0.618. The smallest absolute Gasteiger partial charge is 0.367 e. The first-order chi connectivity index (χ1) is 54.6. The van der Waals surface area contributed by atoms with Crippen LogP contribution >= 0.6 is 47.0 Å². The van der Waals surface area contributed by atoms with Crippen molar-refractivity contribution in [3.63, 3.8) is 0 Å². The Kier molecular flexibility index (Phi) is 18.4. The van der Waals surface area contributed by atoms with Gasteiger partial charge in [-0.1, -0.05) is 91.0 Å². The quantitative estimate of drug-likeness (QED) is 0.0354. The number of fused-ring (bicyclic) bond motifs is 2. The van der Waals surface area contributed by atoms with Crippen molar-refractivity contribution >= 4 is 111 Å². The minimum atomic E-state index is -1.64. The molecule has 0 saturated carbocycles. The molecule has 13 aliphatic rings. The van der Waals surface area contributed by atoms with Crippen molar-refractivity contribution in [3.05, 3.63) is 154 Å². The van der Waals surface area contributed by atoms with Crippen LogP contribution in [-0.4, -0.2) is 286 Å². The average Bonchev–Trinajstić information content (AvgIpc) is 1.49. The molecule has 16 amide bonds. The normalized spacial score (nSPS) is 26.4. The molecule has 0 radical (unpaired) electrons. The average molecular weight is 1620 g/mol. The first kappa shape index (κ1) is 73.7. The van der Waals surface area contributed by atoms with Crippen molar-refractivity contribution in [2.75, 3.05) is 95.7 Å². The van der Waals surface area contributed by atoms with Crippen LogP contribution in [0.25, 0.3) is 0 Å². The summed E-state index contributed by atoms with van der Waals surface area (Å²) in [5.74, 6) is 2.79. The molecule has 13 aliphatic heterocycles. The molecule has 3 unspecified atom stereocenters. The van der Waals surface area contributed by atoms with Gasteiger partial charge in [0.05, 0.1) is 52.6 Å². The molecule has 18 rings (SSSR count). The van der Waals surface area contributed by atoms with E-state index in [9.17, 15) is 14.4 Å². The maximum absolute atomic E-state index is 16.0. The number of thioether (sulfide) groups is 4.